The van der Waals surface area contributed by atoms with E-state index in [1.165, 1.54) is 12.2 Å². The molecule has 0 fully saturated rings. The van der Waals surface area contributed by atoms with Crippen LogP contribution in [0, 0.1) is 24.7 Å². The summed E-state index contributed by atoms with van der Waals surface area (Å²) in [6.45, 7) is 0.628. The van der Waals surface area contributed by atoms with Gasteiger partial charge in [0.2, 0.25) is 11.9 Å². The van der Waals surface area contributed by atoms with Gasteiger partial charge in [-0.2, -0.15) is 15.0 Å². The number of aromatic nitrogens is 3. The van der Waals surface area contributed by atoms with Crippen molar-refractivity contribution in [3.8, 4) is 24.7 Å². The maximum absolute atomic E-state index is 5.16. The van der Waals surface area contributed by atoms with E-state index >= 15 is 0 Å². The molecule has 0 aliphatic heterocycles. The fraction of sp³-hybridized carbons (Fsp3) is 0.364. The molecule has 0 saturated carbocycles. The SMILES string of the molecule is C#CCNc1nc(NCC#C)nc(N(C)OC)n1. The predicted octanol–water partition coefficient (Wildman–Crippen LogP) is -0.0406. The second-order valence-corrected chi connectivity index (χ2v) is 3.08. The van der Waals surface area contributed by atoms with Crippen LogP contribution in [-0.2, 0) is 4.84 Å². The van der Waals surface area contributed by atoms with Gasteiger partial charge in [0, 0.05) is 7.05 Å². The zero-order valence-electron chi connectivity index (χ0n) is 10.3. The van der Waals surface area contributed by atoms with Crippen molar-refractivity contribution in [2.24, 2.45) is 0 Å². The summed E-state index contributed by atoms with van der Waals surface area (Å²) in [5.41, 5.74) is 0. The van der Waals surface area contributed by atoms with Crippen LogP contribution in [0.1, 0.15) is 0 Å². The number of rotatable bonds is 6. The van der Waals surface area contributed by atoms with Crippen LogP contribution in [0.2, 0.25) is 0 Å². The number of hydroxylamine groups is 1. The van der Waals surface area contributed by atoms with Gasteiger partial charge in [-0.15, -0.1) is 12.8 Å². The lowest BCUT2D eigenvalue weighted by atomic mass is 10.6. The number of terminal acetylenes is 2. The van der Waals surface area contributed by atoms with Gasteiger partial charge in [0.25, 0.3) is 5.95 Å². The van der Waals surface area contributed by atoms with E-state index < -0.39 is 0 Å². The third kappa shape index (κ3) is 3.81. The highest BCUT2D eigenvalue weighted by Crippen LogP contribution is 2.11. The van der Waals surface area contributed by atoms with Crippen LogP contribution < -0.4 is 15.7 Å². The molecular formula is C11H14N6O. The molecule has 0 radical (unpaired) electrons. The van der Waals surface area contributed by atoms with E-state index in [9.17, 15) is 0 Å². The van der Waals surface area contributed by atoms with Gasteiger partial charge < -0.3 is 10.6 Å². The molecule has 2 N–H and O–H groups in total. The number of anilines is 3. The van der Waals surface area contributed by atoms with Gasteiger partial charge in [0.1, 0.15) is 0 Å². The molecule has 1 aromatic rings. The molecular weight excluding hydrogens is 232 g/mol. The number of hydrogen-bond acceptors (Lipinski definition) is 7. The molecule has 0 unspecified atom stereocenters. The van der Waals surface area contributed by atoms with E-state index in [0.717, 1.165) is 0 Å². The molecule has 0 aliphatic rings. The van der Waals surface area contributed by atoms with Gasteiger partial charge in [-0.3, -0.25) is 4.84 Å². The monoisotopic (exact) mass is 246 g/mol. The van der Waals surface area contributed by atoms with Crippen molar-refractivity contribution < 1.29 is 4.84 Å². The van der Waals surface area contributed by atoms with E-state index in [1.807, 2.05) is 0 Å². The second kappa shape index (κ2) is 6.94. The summed E-state index contributed by atoms with van der Waals surface area (Å²) in [6, 6.07) is 0. The Bertz CT molecular complexity index is 439. The van der Waals surface area contributed by atoms with Gasteiger partial charge >= 0.3 is 0 Å². The van der Waals surface area contributed by atoms with Gasteiger partial charge in [-0.25, -0.2) is 5.06 Å². The topological polar surface area (TPSA) is 75.2 Å². The minimum absolute atomic E-state index is 0.314. The molecule has 0 bridgehead atoms. The van der Waals surface area contributed by atoms with Gasteiger partial charge in [-0.1, -0.05) is 11.8 Å². The summed E-state index contributed by atoms with van der Waals surface area (Å²) < 4.78 is 0. The molecule has 0 atom stereocenters. The summed E-state index contributed by atoms with van der Waals surface area (Å²) in [4.78, 5) is 17.4. The highest BCUT2D eigenvalue weighted by Gasteiger charge is 2.09. The standard InChI is InChI=1S/C11H14N6O/c1-5-7-12-9-14-10(13-8-6-2)16-11(15-9)17(3)18-4/h1-2H,7-8H2,3-4H3,(H2,12,13,14,15,16). The number of nitrogens with zero attached hydrogens (tertiary/aromatic N) is 4. The van der Waals surface area contributed by atoms with Gasteiger partial charge in [-0.05, 0) is 0 Å². The number of nitrogens with one attached hydrogen (secondary N) is 2. The molecule has 0 aliphatic carbocycles. The molecule has 1 aromatic heterocycles. The van der Waals surface area contributed by atoms with Crippen molar-refractivity contribution in [3.05, 3.63) is 0 Å². The Kier molecular flexibility index (Phi) is 5.23. The van der Waals surface area contributed by atoms with Gasteiger partial charge in [0.05, 0.1) is 20.2 Å². The Morgan fingerprint density at radius 2 is 1.61 bits per heavy atom. The summed E-state index contributed by atoms with van der Waals surface area (Å²) in [7, 11) is 3.18. The lowest BCUT2D eigenvalue weighted by molar-refractivity contribution is 0.180. The summed E-state index contributed by atoms with van der Waals surface area (Å²) in [5.74, 6) is 5.90. The Balaban J connectivity index is 2.96. The van der Waals surface area contributed by atoms with Crippen LogP contribution in [0.4, 0.5) is 17.8 Å². The minimum Gasteiger partial charge on any atom is -0.343 e. The Labute approximate surface area is 106 Å². The largest absolute Gasteiger partial charge is 0.343 e. The van der Waals surface area contributed by atoms with E-state index in [1.54, 1.807) is 7.05 Å². The summed E-state index contributed by atoms with van der Waals surface area (Å²) in [6.07, 6.45) is 10.3. The Morgan fingerprint density at radius 1 is 1.11 bits per heavy atom. The highest BCUT2D eigenvalue weighted by molar-refractivity contribution is 5.43. The van der Waals surface area contributed by atoms with Crippen molar-refractivity contribution >= 4 is 17.8 Å². The van der Waals surface area contributed by atoms with Crippen LogP contribution in [0.5, 0.6) is 0 Å². The predicted molar refractivity (Wildman–Crippen MR) is 69.9 cm³/mol. The third-order valence-electron chi connectivity index (χ3n) is 1.88. The lowest BCUT2D eigenvalue weighted by Gasteiger charge is -2.15. The molecule has 0 saturated heterocycles. The lowest BCUT2D eigenvalue weighted by Crippen LogP contribution is -2.20. The molecule has 1 rings (SSSR count). The first kappa shape index (κ1) is 13.6. The van der Waals surface area contributed by atoms with E-state index in [-0.39, 0.29) is 0 Å². The van der Waals surface area contributed by atoms with Crippen molar-refractivity contribution in [1.82, 2.24) is 15.0 Å². The molecule has 7 heteroatoms. The molecule has 0 aromatic carbocycles. The highest BCUT2D eigenvalue weighted by atomic mass is 16.7. The van der Waals surface area contributed by atoms with Crippen molar-refractivity contribution in [1.29, 1.82) is 0 Å². The maximum Gasteiger partial charge on any atom is 0.256 e. The molecule has 18 heavy (non-hydrogen) atoms. The molecule has 94 valence electrons. The summed E-state index contributed by atoms with van der Waals surface area (Å²) >= 11 is 0. The van der Waals surface area contributed by atoms with Crippen molar-refractivity contribution in [2.45, 2.75) is 0 Å². The normalized spacial score (nSPS) is 9.11. The second-order valence-electron chi connectivity index (χ2n) is 3.08. The van der Waals surface area contributed by atoms with Crippen molar-refractivity contribution in [3.63, 3.8) is 0 Å². The minimum atomic E-state index is 0.314. The number of hydrogen-bond donors (Lipinski definition) is 2. The Morgan fingerprint density at radius 3 is 2.00 bits per heavy atom. The average Bonchev–Trinajstić information content (AvgIpc) is 2.41. The molecule has 0 amide bonds. The third-order valence-corrected chi connectivity index (χ3v) is 1.88. The van der Waals surface area contributed by atoms with Crippen molar-refractivity contribution in [2.75, 3.05) is 42.9 Å². The average molecular weight is 246 g/mol. The zero-order chi connectivity index (χ0) is 13.4. The molecule has 7 nitrogen and oxygen atoms in total. The first-order valence-electron chi connectivity index (χ1n) is 5.09. The van der Waals surface area contributed by atoms with E-state index in [0.29, 0.717) is 30.9 Å². The zero-order valence-corrected chi connectivity index (χ0v) is 10.3. The fourth-order valence-corrected chi connectivity index (χ4v) is 1.01. The smallest absolute Gasteiger partial charge is 0.256 e. The van der Waals surface area contributed by atoms with Gasteiger partial charge in [0.15, 0.2) is 0 Å². The van der Waals surface area contributed by atoms with E-state index in [2.05, 4.69) is 37.4 Å². The van der Waals surface area contributed by atoms with E-state index in [4.69, 9.17) is 17.7 Å². The van der Waals surface area contributed by atoms with Crippen LogP contribution in [0.15, 0.2) is 0 Å². The fourth-order valence-electron chi connectivity index (χ4n) is 1.01. The van der Waals surface area contributed by atoms with Crippen LogP contribution in [-0.4, -0.2) is 42.2 Å². The first-order valence-corrected chi connectivity index (χ1v) is 5.09. The maximum atomic E-state index is 5.16. The Hall–Kier alpha value is -2.51. The molecule has 0 spiro atoms. The van der Waals surface area contributed by atoms with Crippen LogP contribution in [0.25, 0.3) is 0 Å². The molecule has 1 heterocycles. The quantitative estimate of drug-likeness (QED) is 0.539. The summed E-state index contributed by atoms with van der Waals surface area (Å²) in [5, 5.41) is 7.11. The first-order chi connectivity index (χ1) is 8.71. The van der Waals surface area contributed by atoms with Crippen LogP contribution >= 0.6 is 0 Å². The van der Waals surface area contributed by atoms with Crippen LogP contribution in [0.3, 0.4) is 0 Å².